The molecule has 0 spiro atoms. The summed E-state index contributed by atoms with van der Waals surface area (Å²) >= 11 is 0. The first kappa shape index (κ1) is 25.0. The fourth-order valence-corrected chi connectivity index (χ4v) is 3.89. The zero-order valence-corrected chi connectivity index (χ0v) is 20.2. The van der Waals surface area contributed by atoms with Crippen LogP contribution in [-0.4, -0.2) is 0 Å². The van der Waals surface area contributed by atoms with E-state index in [1.807, 2.05) is 0 Å². The molecular formula is C25H25Cl2Zr. The van der Waals surface area contributed by atoms with Crippen molar-refractivity contribution >= 4 is 21.5 Å². The number of hydrogen-bond acceptors (Lipinski definition) is 0. The van der Waals surface area contributed by atoms with Crippen LogP contribution in [0.3, 0.4) is 0 Å². The van der Waals surface area contributed by atoms with Gasteiger partial charge < -0.3 is 24.8 Å². The van der Waals surface area contributed by atoms with Crippen LogP contribution in [0.1, 0.15) is 38.2 Å². The predicted molar refractivity (Wildman–Crippen MR) is 110 cm³/mol. The van der Waals surface area contributed by atoms with E-state index in [0.29, 0.717) is 0 Å². The van der Waals surface area contributed by atoms with Gasteiger partial charge in [-0.1, -0.05) is 86.7 Å². The van der Waals surface area contributed by atoms with Crippen molar-refractivity contribution in [2.45, 2.75) is 39.0 Å². The molecule has 0 atom stereocenters. The molecular weight excluding hydrogens is 462 g/mol. The molecule has 0 fully saturated rings. The zero-order chi connectivity index (χ0) is 17.1. The SMILES string of the molecule is CCCCCCc1cc2c(-c3cccc4ccccc34)cccc2[cH-]1.[Cl-].[Cl-].[Zr+3]. The summed E-state index contributed by atoms with van der Waals surface area (Å²) in [5.74, 6) is 0. The number of unbranched alkanes of at least 4 members (excludes halogenated alkanes) is 3. The molecule has 0 saturated carbocycles. The van der Waals surface area contributed by atoms with Crippen molar-refractivity contribution < 1.29 is 51.0 Å². The van der Waals surface area contributed by atoms with Gasteiger partial charge in [0.15, 0.2) is 0 Å². The molecule has 0 unspecified atom stereocenters. The van der Waals surface area contributed by atoms with Gasteiger partial charge in [-0.25, -0.2) is 0 Å². The molecule has 0 heterocycles. The Hall–Kier alpha value is -1.01. The molecule has 0 amide bonds. The third-order valence-corrected chi connectivity index (χ3v) is 5.21. The van der Waals surface area contributed by atoms with Crippen LogP contribution >= 0.6 is 0 Å². The van der Waals surface area contributed by atoms with E-state index in [4.69, 9.17) is 0 Å². The minimum absolute atomic E-state index is 0. The topological polar surface area (TPSA) is 0 Å². The van der Waals surface area contributed by atoms with Gasteiger partial charge in [-0.15, -0.1) is 34.5 Å². The molecule has 4 aromatic carbocycles. The van der Waals surface area contributed by atoms with E-state index in [2.05, 4.69) is 79.7 Å². The third kappa shape index (κ3) is 5.32. The van der Waals surface area contributed by atoms with Gasteiger partial charge >= 0.3 is 26.2 Å². The van der Waals surface area contributed by atoms with Crippen LogP contribution in [0.5, 0.6) is 0 Å². The number of fused-ring (bicyclic) bond motifs is 2. The molecule has 0 bridgehead atoms. The average molecular weight is 488 g/mol. The van der Waals surface area contributed by atoms with E-state index in [9.17, 15) is 0 Å². The Kier molecular flexibility index (Phi) is 10.6. The summed E-state index contributed by atoms with van der Waals surface area (Å²) in [7, 11) is 0. The predicted octanol–water partition coefficient (Wildman–Crippen LogP) is 1.51. The molecule has 0 saturated heterocycles. The van der Waals surface area contributed by atoms with E-state index >= 15 is 0 Å². The molecule has 4 rings (SSSR count). The second-order valence-corrected chi connectivity index (χ2v) is 7.01. The Morgan fingerprint density at radius 2 is 1.39 bits per heavy atom. The molecule has 0 aromatic heterocycles. The van der Waals surface area contributed by atoms with E-state index < -0.39 is 0 Å². The summed E-state index contributed by atoms with van der Waals surface area (Å²) in [6.07, 6.45) is 6.49. The van der Waals surface area contributed by atoms with Crippen LogP contribution in [0.15, 0.2) is 72.8 Å². The zero-order valence-electron chi connectivity index (χ0n) is 16.2. The fourth-order valence-electron chi connectivity index (χ4n) is 3.89. The second-order valence-electron chi connectivity index (χ2n) is 7.01. The maximum atomic E-state index is 2.42. The molecule has 3 heteroatoms. The van der Waals surface area contributed by atoms with Crippen LogP contribution in [0.4, 0.5) is 0 Å². The van der Waals surface area contributed by atoms with Gasteiger partial charge in [0.25, 0.3) is 0 Å². The second kappa shape index (κ2) is 11.9. The largest absolute Gasteiger partial charge is 3.00 e. The molecule has 0 nitrogen and oxygen atoms in total. The van der Waals surface area contributed by atoms with E-state index in [1.54, 1.807) is 0 Å². The Morgan fingerprint density at radius 3 is 2.18 bits per heavy atom. The number of halogens is 2. The van der Waals surface area contributed by atoms with Gasteiger partial charge in [0.1, 0.15) is 0 Å². The summed E-state index contributed by atoms with van der Waals surface area (Å²) in [5.41, 5.74) is 4.18. The average Bonchev–Trinajstić information content (AvgIpc) is 3.08. The molecule has 1 radical (unpaired) electrons. The first-order valence-electron chi connectivity index (χ1n) is 9.53. The first-order chi connectivity index (χ1) is 12.4. The summed E-state index contributed by atoms with van der Waals surface area (Å²) in [6, 6.07) is 26.8. The van der Waals surface area contributed by atoms with Crippen molar-refractivity contribution in [3.05, 3.63) is 78.4 Å². The van der Waals surface area contributed by atoms with Crippen molar-refractivity contribution in [1.82, 2.24) is 0 Å². The minimum Gasteiger partial charge on any atom is -1.00 e. The Bertz CT molecular complexity index is 998. The molecule has 28 heavy (non-hydrogen) atoms. The maximum absolute atomic E-state index is 2.42. The maximum Gasteiger partial charge on any atom is 3.00 e. The number of hydrogen-bond donors (Lipinski definition) is 0. The van der Waals surface area contributed by atoms with Gasteiger partial charge in [-0.3, -0.25) is 0 Å². The van der Waals surface area contributed by atoms with Crippen molar-refractivity contribution in [2.24, 2.45) is 0 Å². The fraction of sp³-hybridized carbons (Fsp3) is 0.240. The normalized spacial score (nSPS) is 10.2. The van der Waals surface area contributed by atoms with Crippen molar-refractivity contribution in [3.63, 3.8) is 0 Å². The van der Waals surface area contributed by atoms with E-state index in [-0.39, 0.29) is 51.0 Å². The standard InChI is InChI=1S/C25H25.2ClH.Zr/c1-2-3-4-5-10-19-17-21-13-9-16-24(25(21)18-19)23-15-8-12-20-11-6-7-14-22(20)23;;;/h6-9,11-18H,2-5,10H2,1H3;2*1H;/q-1;;;+3/p-2. The van der Waals surface area contributed by atoms with Crippen LogP contribution in [0.2, 0.25) is 0 Å². The van der Waals surface area contributed by atoms with Crippen LogP contribution in [-0.2, 0) is 32.6 Å². The number of rotatable bonds is 6. The van der Waals surface area contributed by atoms with Crippen molar-refractivity contribution in [2.75, 3.05) is 0 Å². The summed E-state index contributed by atoms with van der Waals surface area (Å²) < 4.78 is 0. The summed E-state index contributed by atoms with van der Waals surface area (Å²) in [6.45, 7) is 2.27. The number of benzene rings is 3. The van der Waals surface area contributed by atoms with Gasteiger partial charge in [0.2, 0.25) is 0 Å². The number of aryl methyl sites for hydroxylation is 1. The molecule has 0 aliphatic heterocycles. The van der Waals surface area contributed by atoms with Gasteiger partial charge in [0, 0.05) is 0 Å². The smallest absolute Gasteiger partial charge is 1.00 e. The van der Waals surface area contributed by atoms with Crippen LogP contribution in [0.25, 0.3) is 32.7 Å². The van der Waals surface area contributed by atoms with Gasteiger partial charge in [0.05, 0.1) is 0 Å². The quantitative estimate of drug-likeness (QED) is 0.286. The van der Waals surface area contributed by atoms with Gasteiger partial charge in [-0.2, -0.15) is 6.07 Å². The summed E-state index contributed by atoms with van der Waals surface area (Å²) in [4.78, 5) is 0. The van der Waals surface area contributed by atoms with Crippen molar-refractivity contribution in [3.8, 4) is 11.1 Å². The summed E-state index contributed by atoms with van der Waals surface area (Å²) in [5, 5.41) is 5.41. The minimum atomic E-state index is 0. The van der Waals surface area contributed by atoms with Gasteiger partial charge in [-0.05, 0) is 22.8 Å². The Labute approximate surface area is 200 Å². The monoisotopic (exact) mass is 485 g/mol. The van der Waals surface area contributed by atoms with Crippen molar-refractivity contribution in [1.29, 1.82) is 0 Å². The molecule has 0 N–H and O–H groups in total. The third-order valence-electron chi connectivity index (χ3n) is 5.21. The van der Waals surface area contributed by atoms with Crippen LogP contribution < -0.4 is 24.8 Å². The molecule has 0 aliphatic carbocycles. The molecule has 143 valence electrons. The van der Waals surface area contributed by atoms with E-state index in [1.165, 1.54) is 70.3 Å². The first-order valence-corrected chi connectivity index (χ1v) is 9.53. The Morgan fingerprint density at radius 1 is 0.714 bits per heavy atom. The van der Waals surface area contributed by atoms with E-state index in [0.717, 1.165) is 0 Å². The molecule has 0 aliphatic rings. The van der Waals surface area contributed by atoms with Crippen LogP contribution in [0, 0.1) is 0 Å². The molecule has 4 aromatic rings. The Balaban J connectivity index is 0.00000131.